The number of nitrogens with one attached hydrogen (secondary N) is 1. The summed E-state index contributed by atoms with van der Waals surface area (Å²) in [5, 5.41) is 12.3. The van der Waals surface area contributed by atoms with Crippen molar-refractivity contribution in [2.75, 3.05) is 19.5 Å². The number of Topliss-reactive ketones (excluding diaryl/α,β-unsaturated/α-hetero) is 1. The molecular formula is C18H15NO5. The van der Waals surface area contributed by atoms with Crippen molar-refractivity contribution in [2.24, 2.45) is 0 Å². The van der Waals surface area contributed by atoms with E-state index in [0.717, 1.165) is 0 Å². The molecule has 2 aromatic rings. The third-order valence-electron chi connectivity index (χ3n) is 3.71. The summed E-state index contributed by atoms with van der Waals surface area (Å²) in [5.41, 5.74) is 1.43. The van der Waals surface area contributed by atoms with E-state index in [1.807, 2.05) is 0 Å². The number of carbonyl (C=O) groups is 2. The Morgan fingerprint density at radius 1 is 1.08 bits per heavy atom. The SMILES string of the molecule is COc1ccc(C(=O)/C=C2/Nc3cc(O)ccc3C2=O)cc1OC. The molecule has 0 unspecified atom stereocenters. The van der Waals surface area contributed by atoms with Gasteiger partial charge in [-0.05, 0) is 30.3 Å². The molecule has 0 aliphatic carbocycles. The number of methoxy groups -OCH3 is 2. The molecule has 0 saturated heterocycles. The Bertz CT molecular complexity index is 870. The van der Waals surface area contributed by atoms with Crippen LogP contribution < -0.4 is 14.8 Å². The summed E-state index contributed by atoms with van der Waals surface area (Å²) in [6, 6.07) is 9.16. The molecule has 2 N–H and O–H groups in total. The van der Waals surface area contributed by atoms with Crippen molar-refractivity contribution in [3.63, 3.8) is 0 Å². The lowest BCUT2D eigenvalue weighted by atomic mass is 10.1. The molecule has 0 aromatic heterocycles. The second kappa shape index (κ2) is 6.08. The minimum Gasteiger partial charge on any atom is -0.508 e. The van der Waals surface area contributed by atoms with Gasteiger partial charge in [-0.25, -0.2) is 0 Å². The van der Waals surface area contributed by atoms with Gasteiger partial charge in [-0.3, -0.25) is 9.59 Å². The number of hydrogen-bond donors (Lipinski definition) is 2. The molecule has 1 aliphatic heterocycles. The zero-order chi connectivity index (χ0) is 17.3. The lowest BCUT2D eigenvalue weighted by Gasteiger charge is -2.08. The monoisotopic (exact) mass is 325 g/mol. The molecule has 0 atom stereocenters. The number of anilines is 1. The van der Waals surface area contributed by atoms with E-state index in [4.69, 9.17) is 9.47 Å². The van der Waals surface area contributed by atoms with Crippen LogP contribution in [0.5, 0.6) is 17.2 Å². The van der Waals surface area contributed by atoms with Gasteiger partial charge in [0.2, 0.25) is 5.78 Å². The van der Waals surface area contributed by atoms with Gasteiger partial charge >= 0.3 is 0 Å². The normalized spacial score (nSPS) is 14.2. The van der Waals surface area contributed by atoms with E-state index in [1.165, 1.54) is 38.5 Å². The maximum absolute atomic E-state index is 12.4. The fraction of sp³-hybridized carbons (Fsp3) is 0.111. The molecule has 122 valence electrons. The molecule has 0 radical (unpaired) electrons. The fourth-order valence-electron chi connectivity index (χ4n) is 2.49. The fourth-order valence-corrected chi connectivity index (χ4v) is 2.49. The Kier molecular flexibility index (Phi) is 3.95. The summed E-state index contributed by atoms with van der Waals surface area (Å²) in [6.07, 6.45) is 1.24. The van der Waals surface area contributed by atoms with Crippen molar-refractivity contribution >= 4 is 17.3 Å². The van der Waals surface area contributed by atoms with Gasteiger partial charge in [0.05, 0.1) is 25.6 Å². The first-order valence-corrected chi connectivity index (χ1v) is 7.16. The zero-order valence-electron chi connectivity index (χ0n) is 13.1. The number of aromatic hydroxyl groups is 1. The molecule has 0 bridgehead atoms. The molecule has 3 rings (SSSR count). The standard InChI is InChI=1S/C18H15NO5/c1-23-16-6-3-10(7-17(16)24-2)15(21)9-14-18(22)12-5-4-11(20)8-13(12)19-14/h3-9,19-20H,1-2H3/b14-9+. The Morgan fingerprint density at radius 2 is 1.83 bits per heavy atom. The Morgan fingerprint density at radius 3 is 2.54 bits per heavy atom. The topological polar surface area (TPSA) is 84.9 Å². The number of fused-ring (bicyclic) bond motifs is 1. The predicted octanol–water partition coefficient (Wildman–Crippen LogP) is 2.78. The van der Waals surface area contributed by atoms with Crippen LogP contribution in [0.4, 0.5) is 5.69 Å². The molecule has 24 heavy (non-hydrogen) atoms. The van der Waals surface area contributed by atoms with E-state index >= 15 is 0 Å². The van der Waals surface area contributed by atoms with Gasteiger partial charge in [0.25, 0.3) is 0 Å². The quantitative estimate of drug-likeness (QED) is 0.664. The van der Waals surface area contributed by atoms with Crippen molar-refractivity contribution in [1.29, 1.82) is 0 Å². The van der Waals surface area contributed by atoms with E-state index in [0.29, 0.717) is 28.3 Å². The average molecular weight is 325 g/mol. The number of hydrogen-bond acceptors (Lipinski definition) is 6. The summed E-state index contributed by atoms with van der Waals surface area (Å²) >= 11 is 0. The Labute approximate surface area is 138 Å². The Balaban J connectivity index is 1.90. The van der Waals surface area contributed by atoms with Gasteiger partial charge in [-0.2, -0.15) is 0 Å². The zero-order valence-corrected chi connectivity index (χ0v) is 13.1. The van der Waals surface area contributed by atoms with Gasteiger partial charge in [0, 0.05) is 23.3 Å². The number of ether oxygens (including phenoxy) is 2. The van der Waals surface area contributed by atoms with Crippen molar-refractivity contribution in [3.05, 3.63) is 59.3 Å². The number of allylic oxidation sites excluding steroid dienone is 2. The van der Waals surface area contributed by atoms with Crippen LogP contribution in [-0.2, 0) is 0 Å². The third kappa shape index (κ3) is 2.69. The number of phenols is 1. The van der Waals surface area contributed by atoms with Crippen LogP contribution in [0.25, 0.3) is 0 Å². The molecule has 0 amide bonds. The van der Waals surface area contributed by atoms with E-state index in [1.54, 1.807) is 18.2 Å². The van der Waals surface area contributed by atoms with E-state index in [-0.39, 0.29) is 23.0 Å². The largest absolute Gasteiger partial charge is 0.508 e. The van der Waals surface area contributed by atoms with E-state index < -0.39 is 0 Å². The van der Waals surface area contributed by atoms with Gasteiger partial charge in [-0.15, -0.1) is 0 Å². The maximum Gasteiger partial charge on any atom is 0.211 e. The summed E-state index contributed by atoms with van der Waals surface area (Å²) in [6.45, 7) is 0. The van der Waals surface area contributed by atoms with Crippen molar-refractivity contribution in [1.82, 2.24) is 0 Å². The van der Waals surface area contributed by atoms with Crippen LogP contribution in [0.3, 0.4) is 0 Å². The van der Waals surface area contributed by atoms with E-state index in [9.17, 15) is 14.7 Å². The molecule has 1 aliphatic rings. The second-order valence-corrected chi connectivity index (χ2v) is 5.18. The van der Waals surface area contributed by atoms with Crippen LogP contribution in [-0.4, -0.2) is 30.9 Å². The molecule has 2 aromatic carbocycles. The highest BCUT2D eigenvalue weighted by Crippen LogP contribution is 2.32. The molecule has 0 spiro atoms. The minimum atomic E-state index is -0.344. The van der Waals surface area contributed by atoms with Crippen LogP contribution in [0.1, 0.15) is 20.7 Å². The highest BCUT2D eigenvalue weighted by atomic mass is 16.5. The summed E-state index contributed by atoms with van der Waals surface area (Å²) in [4.78, 5) is 24.7. The second-order valence-electron chi connectivity index (χ2n) is 5.18. The third-order valence-corrected chi connectivity index (χ3v) is 3.71. The van der Waals surface area contributed by atoms with Crippen molar-refractivity contribution in [2.45, 2.75) is 0 Å². The van der Waals surface area contributed by atoms with Crippen molar-refractivity contribution in [3.8, 4) is 17.2 Å². The minimum absolute atomic E-state index is 0.0431. The van der Waals surface area contributed by atoms with Gasteiger partial charge in [0.1, 0.15) is 5.75 Å². The summed E-state index contributed by atoms with van der Waals surface area (Å²) in [7, 11) is 2.99. The average Bonchev–Trinajstić information content (AvgIpc) is 2.89. The maximum atomic E-state index is 12.4. The number of rotatable bonds is 4. The van der Waals surface area contributed by atoms with Crippen LogP contribution in [0, 0.1) is 0 Å². The first-order valence-electron chi connectivity index (χ1n) is 7.16. The van der Waals surface area contributed by atoms with Gasteiger partial charge in [-0.1, -0.05) is 0 Å². The summed E-state index contributed by atoms with van der Waals surface area (Å²) < 4.78 is 10.3. The van der Waals surface area contributed by atoms with Gasteiger partial charge < -0.3 is 19.9 Å². The first kappa shape index (κ1) is 15.6. The molecule has 6 nitrogen and oxygen atoms in total. The van der Waals surface area contributed by atoms with Crippen LogP contribution >= 0.6 is 0 Å². The van der Waals surface area contributed by atoms with Gasteiger partial charge in [0.15, 0.2) is 17.3 Å². The Hall–Kier alpha value is -3.28. The van der Waals surface area contributed by atoms with Crippen LogP contribution in [0.15, 0.2) is 48.2 Å². The highest BCUT2D eigenvalue weighted by molar-refractivity contribution is 6.22. The number of phenolic OH excluding ortho intramolecular Hbond substituents is 1. The van der Waals surface area contributed by atoms with E-state index in [2.05, 4.69) is 5.32 Å². The lowest BCUT2D eigenvalue weighted by Crippen LogP contribution is -2.05. The number of benzene rings is 2. The number of carbonyl (C=O) groups excluding carboxylic acids is 2. The smallest absolute Gasteiger partial charge is 0.211 e. The first-order chi connectivity index (χ1) is 11.5. The molecule has 1 heterocycles. The molecular weight excluding hydrogens is 310 g/mol. The molecule has 0 saturated carbocycles. The summed E-state index contributed by atoms with van der Waals surface area (Å²) in [5.74, 6) is 0.351. The number of ketones is 2. The molecule has 0 fully saturated rings. The highest BCUT2D eigenvalue weighted by Gasteiger charge is 2.25. The molecule has 6 heteroatoms. The lowest BCUT2D eigenvalue weighted by molar-refractivity contribution is 0.101. The predicted molar refractivity (Wildman–Crippen MR) is 88.0 cm³/mol. The van der Waals surface area contributed by atoms with Crippen LogP contribution in [0.2, 0.25) is 0 Å². The van der Waals surface area contributed by atoms with Crippen molar-refractivity contribution < 1.29 is 24.2 Å².